The summed E-state index contributed by atoms with van der Waals surface area (Å²) in [4.78, 5) is 28.6. The fraction of sp³-hybridized carbons (Fsp3) is 0.667. The van der Waals surface area contributed by atoms with Crippen LogP contribution in [0.2, 0.25) is 0 Å². The Morgan fingerprint density at radius 3 is 2.91 bits per heavy atom. The van der Waals surface area contributed by atoms with E-state index >= 15 is 0 Å². The third-order valence-electron chi connectivity index (χ3n) is 4.16. The number of aliphatic hydroxyl groups excluding tert-OH is 1. The molecule has 2 heterocycles. The highest BCUT2D eigenvalue weighted by atomic mass is 16.7. The predicted octanol–water partition coefficient (Wildman–Crippen LogP) is 0.851. The molecule has 7 nitrogen and oxygen atoms in total. The Morgan fingerprint density at radius 1 is 1.55 bits per heavy atom. The normalized spacial score (nSPS) is 33.8. The molecule has 1 fully saturated rings. The lowest BCUT2D eigenvalue weighted by atomic mass is 9.85. The van der Waals surface area contributed by atoms with Gasteiger partial charge in [0, 0.05) is 19.3 Å². The van der Waals surface area contributed by atoms with Crippen LogP contribution in [0.25, 0.3) is 0 Å². The van der Waals surface area contributed by atoms with Gasteiger partial charge < -0.3 is 19.4 Å². The van der Waals surface area contributed by atoms with Crippen LogP contribution in [0.3, 0.4) is 0 Å². The first-order chi connectivity index (χ1) is 10.5. The van der Waals surface area contributed by atoms with Crippen LogP contribution in [-0.4, -0.2) is 47.2 Å². The molecule has 22 heavy (non-hydrogen) atoms. The van der Waals surface area contributed by atoms with Crippen LogP contribution in [0.5, 0.6) is 0 Å². The Kier molecular flexibility index (Phi) is 4.01. The highest BCUT2D eigenvalue weighted by molar-refractivity contribution is 6.03. The summed E-state index contributed by atoms with van der Waals surface area (Å²) in [6.45, 7) is 2.01. The summed E-state index contributed by atoms with van der Waals surface area (Å²) >= 11 is 0. The lowest BCUT2D eigenvalue weighted by Crippen LogP contribution is -2.40. The third kappa shape index (κ3) is 2.91. The van der Waals surface area contributed by atoms with Gasteiger partial charge in [-0.25, -0.2) is 0 Å². The van der Waals surface area contributed by atoms with E-state index < -0.39 is 24.0 Å². The van der Waals surface area contributed by atoms with Gasteiger partial charge in [0.05, 0.1) is 18.7 Å². The Labute approximate surface area is 127 Å². The number of epoxide rings is 1. The number of carbonyl (C=O) groups is 2. The molecule has 0 aromatic carbocycles. The van der Waals surface area contributed by atoms with Crippen molar-refractivity contribution in [2.24, 2.45) is 5.16 Å². The molecule has 0 radical (unpaired) electrons. The summed E-state index contributed by atoms with van der Waals surface area (Å²) in [6, 6.07) is 0. The average molecular weight is 309 g/mol. The molecular formula is C15H19NO6. The summed E-state index contributed by atoms with van der Waals surface area (Å²) in [5.41, 5.74) is 0.684. The van der Waals surface area contributed by atoms with E-state index in [0.29, 0.717) is 25.7 Å². The van der Waals surface area contributed by atoms with Gasteiger partial charge in [-0.2, -0.15) is 0 Å². The zero-order chi connectivity index (χ0) is 15.7. The van der Waals surface area contributed by atoms with Crippen molar-refractivity contribution >= 4 is 17.5 Å². The minimum absolute atomic E-state index is 0.0260. The van der Waals surface area contributed by atoms with Gasteiger partial charge in [-0.15, -0.1) is 0 Å². The van der Waals surface area contributed by atoms with Crippen molar-refractivity contribution in [1.29, 1.82) is 0 Å². The highest BCUT2D eigenvalue weighted by Gasteiger charge is 2.60. The second-order valence-corrected chi connectivity index (χ2v) is 5.77. The van der Waals surface area contributed by atoms with E-state index in [-0.39, 0.29) is 18.8 Å². The topological polar surface area (TPSA) is 97.7 Å². The summed E-state index contributed by atoms with van der Waals surface area (Å²) in [5, 5.41) is 13.6. The largest absolute Gasteiger partial charge is 0.466 e. The number of carbonyl (C=O) groups excluding carboxylic acids is 2. The number of esters is 1. The van der Waals surface area contributed by atoms with Crippen LogP contribution in [0.15, 0.2) is 16.8 Å². The maximum atomic E-state index is 11.8. The van der Waals surface area contributed by atoms with Crippen LogP contribution in [0.1, 0.15) is 39.0 Å². The van der Waals surface area contributed by atoms with Crippen molar-refractivity contribution in [3.05, 3.63) is 11.6 Å². The van der Waals surface area contributed by atoms with E-state index in [9.17, 15) is 14.7 Å². The number of aliphatic hydroxyl groups is 1. The van der Waals surface area contributed by atoms with E-state index in [1.165, 1.54) is 0 Å². The molecule has 2 aliphatic heterocycles. The Bertz CT molecular complexity index is 554. The molecule has 7 heteroatoms. The van der Waals surface area contributed by atoms with Crippen molar-refractivity contribution < 1.29 is 29.0 Å². The van der Waals surface area contributed by atoms with Crippen LogP contribution in [0.4, 0.5) is 0 Å². The van der Waals surface area contributed by atoms with Crippen molar-refractivity contribution in [3.8, 4) is 0 Å². The number of allylic oxidation sites excluding steroid dienone is 2. The maximum absolute atomic E-state index is 11.8. The van der Waals surface area contributed by atoms with Crippen LogP contribution >= 0.6 is 0 Å². The predicted molar refractivity (Wildman–Crippen MR) is 74.9 cm³/mol. The smallest absolute Gasteiger partial charge is 0.310 e. The standard InChI is InChI=1S/C15H19NO6/c1-2-20-12(18)8-15(13-14(19)21-13)7-11(16-22-15)9-3-5-10(17)6-4-9/h3,13-14,19H,2,4-8H2,1H3. The number of oxime groups is 1. The molecular weight excluding hydrogens is 290 g/mol. The number of hydrogen-bond donors (Lipinski definition) is 1. The van der Waals surface area contributed by atoms with Gasteiger partial charge in [0.1, 0.15) is 5.78 Å². The molecule has 3 unspecified atom stereocenters. The van der Waals surface area contributed by atoms with Crippen molar-refractivity contribution in [2.75, 3.05) is 6.61 Å². The average Bonchev–Trinajstić information content (AvgIpc) is 3.08. The van der Waals surface area contributed by atoms with E-state index in [1.54, 1.807) is 6.92 Å². The minimum Gasteiger partial charge on any atom is -0.466 e. The molecule has 120 valence electrons. The molecule has 0 saturated carbocycles. The fourth-order valence-corrected chi connectivity index (χ4v) is 2.94. The number of ketones is 1. The van der Waals surface area contributed by atoms with Gasteiger partial charge in [0.2, 0.25) is 0 Å². The van der Waals surface area contributed by atoms with E-state index in [4.69, 9.17) is 14.3 Å². The molecule has 3 atom stereocenters. The number of nitrogens with zero attached hydrogens (tertiary/aromatic N) is 1. The number of Topliss-reactive ketones (excluding diaryl/α,β-unsaturated/α-hetero) is 1. The summed E-state index contributed by atoms with van der Waals surface area (Å²) in [5.74, 6) is -0.198. The van der Waals surface area contributed by atoms with Crippen LogP contribution in [-0.2, 0) is 23.9 Å². The van der Waals surface area contributed by atoms with Crippen LogP contribution in [0, 0.1) is 0 Å². The fourth-order valence-electron chi connectivity index (χ4n) is 2.94. The Morgan fingerprint density at radius 2 is 2.32 bits per heavy atom. The molecule has 3 aliphatic rings. The monoisotopic (exact) mass is 309 g/mol. The van der Waals surface area contributed by atoms with Gasteiger partial charge in [0.25, 0.3) is 0 Å². The molecule has 0 amide bonds. The molecule has 0 spiro atoms. The Balaban J connectivity index is 1.71. The summed E-state index contributed by atoms with van der Waals surface area (Å²) in [6.07, 6.45) is 2.22. The lowest BCUT2D eigenvalue weighted by Gasteiger charge is -2.23. The first-order valence-electron chi connectivity index (χ1n) is 7.49. The SMILES string of the molecule is CCOC(=O)CC1(C2OC2O)CC(C2=CCC(=O)CC2)=NO1. The van der Waals surface area contributed by atoms with Crippen LogP contribution < -0.4 is 0 Å². The van der Waals surface area contributed by atoms with Crippen molar-refractivity contribution in [2.45, 2.75) is 57.0 Å². The van der Waals surface area contributed by atoms with Gasteiger partial charge in [-0.1, -0.05) is 11.2 Å². The third-order valence-corrected chi connectivity index (χ3v) is 4.16. The molecule has 0 aromatic heterocycles. The molecule has 1 aliphatic carbocycles. The van der Waals surface area contributed by atoms with Gasteiger partial charge >= 0.3 is 5.97 Å². The van der Waals surface area contributed by atoms with Crippen molar-refractivity contribution in [1.82, 2.24) is 0 Å². The lowest BCUT2D eigenvalue weighted by molar-refractivity contribution is -0.151. The Hall–Kier alpha value is -1.73. The zero-order valence-corrected chi connectivity index (χ0v) is 12.4. The van der Waals surface area contributed by atoms with E-state index in [2.05, 4.69) is 5.16 Å². The summed E-state index contributed by atoms with van der Waals surface area (Å²) in [7, 11) is 0. The zero-order valence-electron chi connectivity index (χ0n) is 12.4. The van der Waals surface area contributed by atoms with E-state index in [0.717, 1.165) is 11.3 Å². The first kappa shape index (κ1) is 15.2. The van der Waals surface area contributed by atoms with Crippen molar-refractivity contribution in [3.63, 3.8) is 0 Å². The van der Waals surface area contributed by atoms with Gasteiger partial charge in [-0.3, -0.25) is 9.59 Å². The second kappa shape index (κ2) is 5.81. The van der Waals surface area contributed by atoms with Gasteiger partial charge in [0.15, 0.2) is 18.0 Å². The molecule has 1 N–H and O–H groups in total. The quantitative estimate of drug-likeness (QED) is 0.597. The number of rotatable bonds is 5. The second-order valence-electron chi connectivity index (χ2n) is 5.77. The first-order valence-corrected chi connectivity index (χ1v) is 7.49. The summed E-state index contributed by atoms with van der Waals surface area (Å²) < 4.78 is 10.1. The highest BCUT2D eigenvalue weighted by Crippen LogP contribution is 2.43. The molecule has 1 saturated heterocycles. The molecule has 0 aromatic rings. The molecule has 3 rings (SSSR count). The maximum Gasteiger partial charge on any atom is 0.310 e. The minimum atomic E-state index is -1.01. The van der Waals surface area contributed by atoms with Gasteiger partial charge in [-0.05, 0) is 18.9 Å². The van der Waals surface area contributed by atoms with E-state index in [1.807, 2.05) is 6.08 Å². The number of hydrogen-bond acceptors (Lipinski definition) is 7. The number of ether oxygens (including phenoxy) is 2. The molecule has 0 bridgehead atoms.